The van der Waals surface area contributed by atoms with Crippen LogP contribution in [-0.4, -0.2) is 4.98 Å². The van der Waals surface area contributed by atoms with Gasteiger partial charge in [0.2, 0.25) is 0 Å². The minimum absolute atomic E-state index is 0.0510. The summed E-state index contributed by atoms with van der Waals surface area (Å²) >= 11 is 0. The summed E-state index contributed by atoms with van der Waals surface area (Å²) in [5.41, 5.74) is 2.92. The Kier molecular flexibility index (Phi) is 3.40. The van der Waals surface area contributed by atoms with Crippen molar-refractivity contribution in [1.29, 1.82) is 0 Å². The summed E-state index contributed by atoms with van der Waals surface area (Å²) in [7, 11) is 0. The van der Waals surface area contributed by atoms with Crippen LogP contribution in [0.2, 0.25) is 0 Å². The van der Waals surface area contributed by atoms with Crippen LogP contribution in [0.25, 0.3) is 11.1 Å². The Bertz CT molecular complexity index is 613. The number of hydrogen-bond donors (Lipinski definition) is 0. The van der Waals surface area contributed by atoms with Gasteiger partial charge in [-0.1, -0.05) is 20.8 Å². The van der Waals surface area contributed by atoms with Crippen molar-refractivity contribution in [2.45, 2.75) is 33.1 Å². The third-order valence-corrected chi connectivity index (χ3v) is 3.10. The van der Waals surface area contributed by atoms with Crippen LogP contribution in [-0.2, 0) is 5.41 Å². The lowest BCUT2D eigenvalue weighted by atomic mass is 9.89. The van der Waals surface area contributed by atoms with Gasteiger partial charge in [-0.05, 0) is 30.7 Å². The Balaban J connectivity index is 2.52. The smallest absolute Gasteiger partial charge is 0.134 e. The van der Waals surface area contributed by atoms with Crippen molar-refractivity contribution in [3.8, 4) is 11.1 Å². The molecule has 2 aromatic rings. The van der Waals surface area contributed by atoms with Gasteiger partial charge in [0.05, 0.1) is 0 Å². The van der Waals surface area contributed by atoms with E-state index in [1.54, 1.807) is 6.20 Å². The highest BCUT2D eigenvalue weighted by molar-refractivity contribution is 5.67. The lowest BCUT2D eigenvalue weighted by Crippen LogP contribution is -2.13. The first kappa shape index (κ1) is 13.7. The molecule has 100 valence electrons. The van der Waals surface area contributed by atoms with E-state index < -0.39 is 11.6 Å². The number of nitrogens with zero attached hydrogens (tertiary/aromatic N) is 1. The van der Waals surface area contributed by atoms with Gasteiger partial charge in [0.15, 0.2) is 0 Å². The summed E-state index contributed by atoms with van der Waals surface area (Å²) in [6, 6.07) is 5.56. The van der Waals surface area contributed by atoms with Crippen LogP contribution in [0.4, 0.5) is 8.78 Å². The van der Waals surface area contributed by atoms with Gasteiger partial charge in [0.1, 0.15) is 11.6 Å². The Labute approximate surface area is 112 Å². The first-order valence-electron chi connectivity index (χ1n) is 6.21. The Morgan fingerprint density at radius 1 is 1.00 bits per heavy atom. The third kappa shape index (κ3) is 2.80. The Morgan fingerprint density at radius 3 is 2.21 bits per heavy atom. The zero-order valence-electron chi connectivity index (χ0n) is 11.6. The zero-order chi connectivity index (χ0) is 14.2. The lowest BCUT2D eigenvalue weighted by Gasteiger charge is -2.19. The van der Waals surface area contributed by atoms with Gasteiger partial charge in [-0.25, -0.2) is 8.78 Å². The van der Waals surface area contributed by atoms with E-state index in [-0.39, 0.29) is 5.41 Å². The first-order valence-corrected chi connectivity index (χ1v) is 6.21. The largest absolute Gasteiger partial charge is 0.260 e. The second-order valence-corrected chi connectivity index (χ2v) is 5.76. The fraction of sp³-hybridized carbons (Fsp3) is 0.312. The maximum absolute atomic E-state index is 13.8. The molecule has 0 saturated carbocycles. The molecule has 1 aromatic heterocycles. The van der Waals surface area contributed by atoms with Crippen LogP contribution in [0.3, 0.4) is 0 Å². The molecule has 0 bridgehead atoms. The summed E-state index contributed by atoms with van der Waals surface area (Å²) < 4.78 is 26.7. The molecule has 0 aliphatic heterocycles. The predicted molar refractivity (Wildman–Crippen MR) is 73.0 cm³/mol. The van der Waals surface area contributed by atoms with Crippen molar-refractivity contribution >= 4 is 0 Å². The van der Waals surface area contributed by atoms with Crippen molar-refractivity contribution in [3.05, 3.63) is 53.4 Å². The van der Waals surface area contributed by atoms with Gasteiger partial charge in [-0.15, -0.1) is 0 Å². The average molecular weight is 261 g/mol. The molecule has 0 aliphatic carbocycles. The molecule has 0 atom stereocenters. The fourth-order valence-electron chi connectivity index (χ4n) is 1.96. The fourth-order valence-corrected chi connectivity index (χ4v) is 1.96. The highest BCUT2D eigenvalue weighted by Crippen LogP contribution is 2.29. The molecule has 19 heavy (non-hydrogen) atoms. The SMILES string of the molecule is Cc1cc(C(C)(C)C)ncc1-c1ccc(F)cc1F. The molecular formula is C16H17F2N. The molecule has 0 saturated heterocycles. The summed E-state index contributed by atoms with van der Waals surface area (Å²) in [5.74, 6) is -1.13. The standard InChI is InChI=1S/C16H17F2N/c1-10-7-15(16(2,3)4)19-9-13(10)12-6-5-11(17)8-14(12)18/h5-9H,1-4H3. The maximum atomic E-state index is 13.8. The molecule has 1 nitrogen and oxygen atoms in total. The van der Waals surface area contributed by atoms with Gasteiger partial charge in [0, 0.05) is 34.5 Å². The average Bonchev–Trinajstić information content (AvgIpc) is 2.28. The van der Waals surface area contributed by atoms with Crippen LogP contribution in [0.1, 0.15) is 32.0 Å². The van der Waals surface area contributed by atoms with E-state index in [9.17, 15) is 8.78 Å². The number of aromatic nitrogens is 1. The molecule has 3 heteroatoms. The highest BCUT2D eigenvalue weighted by atomic mass is 19.1. The van der Waals surface area contributed by atoms with Gasteiger partial charge in [-0.3, -0.25) is 4.98 Å². The van der Waals surface area contributed by atoms with Gasteiger partial charge in [0.25, 0.3) is 0 Å². The predicted octanol–water partition coefficient (Wildman–Crippen LogP) is 4.63. The van der Waals surface area contributed by atoms with E-state index in [2.05, 4.69) is 25.8 Å². The van der Waals surface area contributed by atoms with E-state index in [1.807, 2.05) is 13.0 Å². The Hall–Kier alpha value is -1.77. The molecule has 0 unspecified atom stereocenters. The summed E-state index contributed by atoms with van der Waals surface area (Å²) in [5, 5.41) is 0. The molecule has 2 rings (SSSR count). The molecule has 0 radical (unpaired) electrons. The van der Waals surface area contributed by atoms with Gasteiger partial charge in [-0.2, -0.15) is 0 Å². The van der Waals surface area contributed by atoms with Crippen molar-refractivity contribution < 1.29 is 8.78 Å². The number of pyridine rings is 1. The van der Waals surface area contributed by atoms with Crippen LogP contribution in [0.15, 0.2) is 30.5 Å². The van der Waals surface area contributed by atoms with Crippen LogP contribution in [0.5, 0.6) is 0 Å². The molecule has 1 heterocycles. The van der Waals surface area contributed by atoms with E-state index >= 15 is 0 Å². The van der Waals surface area contributed by atoms with E-state index in [0.717, 1.165) is 17.3 Å². The molecule has 0 N–H and O–H groups in total. The third-order valence-electron chi connectivity index (χ3n) is 3.10. The minimum Gasteiger partial charge on any atom is -0.260 e. The number of benzene rings is 1. The number of rotatable bonds is 1. The Morgan fingerprint density at radius 2 is 1.68 bits per heavy atom. The number of aryl methyl sites for hydroxylation is 1. The van der Waals surface area contributed by atoms with Gasteiger partial charge < -0.3 is 0 Å². The van der Waals surface area contributed by atoms with Crippen molar-refractivity contribution in [1.82, 2.24) is 4.98 Å². The molecule has 1 aromatic carbocycles. The molecule has 0 fully saturated rings. The molecular weight excluding hydrogens is 244 g/mol. The lowest BCUT2D eigenvalue weighted by molar-refractivity contribution is 0.568. The second-order valence-electron chi connectivity index (χ2n) is 5.76. The van der Waals surface area contributed by atoms with Crippen LogP contribution >= 0.6 is 0 Å². The number of halogens is 2. The van der Waals surface area contributed by atoms with E-state index in [0.29, 0.717) is 11.1 Å². The normalized spacial score (nSPS) is 11.7. The summed E-state index contributed by atoms with van der Waals surface area (Å²) in [6.45, 7) is 8.14. The van der Waals surface area contributed by atoms with Crippen LogP contribution in [0, 0.1) is 18.6 Å². The molecule has 0 aliphatic rings. The number of hydrogen-bond acceptors (Lipinski definition) is 1. The maximum Gasteiger partial charge on any atom is 0.134 e. The highest BCUT2D eigenvalue weighted by Gasteiger charge is 2.17. The zero-order valence-corrected chi connectivity index (χ0v) is 11.6. The monoisotopic (exact) mass is 261 g/mol. The summed E-state index contributed by atoms with van der Waals surface area (Å²) in [4.78, 5) is 4.39. The van der Waals surface area contributed by atoms with Crippen molar-refractivity contribution in [2.24, 2.45) is 0 Å². The van der Waals surface area contributed by atoms with Crippen molar-refractivity contribution in [2.75, 3.05) is 0 Å². The molecule has 0 amide bonds. The van der Waals surface area contributed by atoms with E-state index in [1.165, 1.54) is 12.1 Å². The van der Waals surface area contributed by atoms with Crippen LogP contribution < -0.4 is 0 Å². The van der Waals surface area contributed by atoms with Crippen molar-refractivity contribution in [3.63, 3.8) is 0 Å². The quantitative estimate of drug-likeness (QED) is 0.729. The molecule has 0 spiro atoms. The second kappa shape index (κ2) is 4.72. The van der Waals surface area contributed by atoms with Gasteiger partial charge >= 0.3 is 0 Å². The van der Waals surface area contributed by atoms with E-state index in [4.69, 9.17) is 0 Å². The minimum atomic E-state index is -0.571. The summed E-state index contributed by atoms with van der Waals surface area (Å²) in [6.07, 6.45) is 1.66. The first-order chi connectivity index (χ1) is 8.79. The topological polar surface area (TPSA) is 12.9 Å².